The van der Waals surface area contributed by atoms with Crippen molar-refractivity contribution in [2.24, 2.45) is 0 Å². The van der Waals surface area contributed by atoms with E-state index in [4.69, 9.17) is 23.2 Å². The number of allylic oxidation sites excluding steroid dienone is 3. The molecule has 0 rings (SSSR count). The van der Waals surface area contributed by atoms with Crippen LogP contribution in [0.1, 0.15) is 6.42 Å². The van der Waals surface area contributed by atoms with Gasteiger partial charge in [-0.15, -0.1) is 11.6 Å². The molecule has 0 N–H and O–H groups in total. The second kappa shape index (κ2) is 8.61. The average molecular weight is 337 g/mol. The van der Waals surface area contributed by atoms with Gasteiger partial charge in [-0.25, -0.2) is 0 Å². The minimum atomic E-state index is 0.200. The van der Waals surface area contributed by atoms with Crippen molar-refractivity contribution >= 4 is 55.1 Å². The molecule has 0 radical (unpaired) electrons. The summed E-state index contributed by atoms with van der Waals surface area (Å²) in [5.74, 6) is 0.600. The van der Waals surface area contributed by atoms with Crippen LogP contribution >= 0.6 is 55.1 Å². The van der Waals surface area contributed by atoms with E-state index in [9.17, 15) is 0 Å². The second-order valence-corrected chi connectivity index (χ2v) is 4.34. The van der Waals surface area contributed by atoms with Crippen LogP contribution in [0.5, 0.6) is 0 Å². The third kappa shape index (κ3) is 5.63. The maximum Gasteiger partial charge on any atom is 0.0547 e. The van der Waals surface area contributed by atoms with Crippen LogP contribution < -0.4 is 0 Å². The third-order valence-corrected chi connectivity index (χ3v) is 3.01. The van der Waals surface area contributed by atoms with Crippen molar-refractivity contribution in [1.82, 2.24) is 0 Å². The molecule has 0 amide bonds. The summed E-state index contributed by atoms with van der Waals surface area (Å²) in [5, 5.41) is 0.853. The van der Waals surface area contributed by atoms with E-state index in [1.807, 2.05) is 12.2 Å². The predicted octanol–water partition coefficient (Wildman–Crippen LogP) is 4.45. The molecular formula is C8H10Br2Cl2. The molecule has 0 nitrogen and oxygen atoms in total. The first kappa shape index (κ1) is 13.0. The summed E-state index contributed by atoms with van der Waals surface area (Å²) in [6.07, 6.45) is 4.87. The summed E-state index contributed by atoms with van der Waals surface area (Å²) in [6.45, 7) is 0. The van der Waals surface area contributed by atoms with Crippen LogP contribution in [0, 0.1) is 0 Å². The Hall–Kier alpha value is 1.02. The molecule has 0 aliphatic carbocycles. The highest BCUT2D eigenvalue weighted by Crippen LogP contribution is 2.19. The van der Waals surface area contributed by atoms with Gasteiger partial charge in [0.15, 0.2) is 0 Å². The summed E-state index contributed by atoms with van der Waals surface area (Å²) in [5.41, 5.74) is 2.68. The lowest BCUT2D eigenvalue weighted by atomic mass is 10.1. The Morgan fingerprint density at radius 3 is 2.58 bits per heavy atom. The molecule has 0 saturated carbocycles. The topological polar surface area (TPSA) is 0 Å². The van der Waals surface area contributed by atoms with E-state index in [1.165, 1.54) is 0 Å². The fourth-order valence-corrected chi connectivity index (χ4v) is 2.06. The molecule has 0 aromatic rings. The molecule has 0 fully saturated rings. The first-order valence-electron chi connectivity index (χ1n) is 3.48. The van der Waals surface area contributed by atoms with Crippen LogP contribution in [0.3, 0.4) is 0 Å². The maximum atomic E-state index is 5.62. The van der Waals surface area contributed by atoms with Gasteiger partial charge in [-0.2, -0.15) is 0 Å². The van der Waals surface area contributed by atoms with E-state index < -0.39 is 0 Å². The summed E-state index contributed by atoms with van der Waals surface area (Å²) in [7, 11) is 0. The van der Waals surface area contributed by atoms with Crippen LogP contribution in [-0.2, 0) is 0 Å². The Kier molecular flexibility index (Phi) is 9.34. The van der Waals surface area contributed by atoms with E-state index in [2.05, 4.69) is 31.9 Å². The average Bonchev–Trinajstić information content (AvgIpc) is 2.10. The number of hydrogen-bond donors (Lipinski definition) is 0. The fourth-order valence-electron chi connectivity index (χ4n) is 0.656. The van der Waals surface area contributed by atoms with Crippen molar-refractivity contribution in [2.75, 3.05) is 11.2 Å². The van der Waals surface area contributed by atoms with Gasteiger partial charge >= 0.3 is 0 Å². The first-order valence-corrected chi connectivity index (χ1v) is 6.48. The molecule has 1 unspecified atom stereocenters. The lowest BCUT2D eigenvalue weighted by Crippen LogP contribution is -1.98. The van der Waals surface area contributed by atoms with Crippen molar-refractivity contribution in [1.29, 1.82) is 0 Å². The number of halogens is 4. The molecule has 0 saturated heterocycles. The Morgan fingerprint density at radius 2 is 2.17 bits per heavy atom. The van der Waals surface area contributed by atoms with E-state index in [-0.39, 0.29) is 4.83 Å². The van der Waals surface area contributed by atoms with Crippen LogP contribution in [-0.4, -0.2) is 16.0 Å². The molecule has 12 heavy (non-hydrogen) atoms. The quantitative estimate of drug-likeness (QED) is 0.514. The number of rotatable bonds is 5. The summed E-state index contributed by atoms with van der Waals surface area (Å²) in [4.78, 5) is 0.200. The Labute approximate surface area is 100 Å². The minimum absolute atomic E-state index is 0.200. The van der Waals surface area contributed by atoms with Gasteiger partial charge in [-0.1, -0.05) is 55.6 Å². The predicted molar refractivity (Wildman–Crippen MR) is 64.9 cm³/mol. The van der Waals surface area contributed by atoms with Crippen LogP contribution in [0.2, 0.25) is 0 Å². The summed E-state index contributed by atoms with van der Waals surface area (Å²) >= 11 is 18.0. The maximum absolute atomic E-state index is 5.62. The standard InChI is InChI=1S/C8H10Br2Cl2/c9-4-1-2-8(10)7(6-12)3-5-11/h1-2,6,8H,3-5H2. The highest BCUT2D eigenvalue weighted by atomic mass is 79.9. The van der Waals surface area contributed by atoms with Gasteiger partial charge < -0.3 is 0 Å². The van der Waals surface area contributed by atoms with Crippen LogP contribution in [0.15, 0.2) is 23.3 Å². The molecule has 0 heterocycles. The Bertz CT molecular complexity index is 166. The number of hydrogen-bond acceptors (Lipinski definition) is 0. The third-order valence-electron chi connectivity index (χ3n) is 1.27. The Balaban J connectivity index is 4.03. The molecule has 0 aliphatic rings. The SMILES string of the molecule is ClC=C(CCCl)C(Br)C=CCBr. The van der Waals surface area contributed by atoms with Gasteiger partial charge in [0.1, 0.15) is 0 Å². The lowest BCUT2D eigenvalue weighted by molar-refractivity contribution is 1.06. The van der Waals surface area contributed by atoms with Gasteiger partial charge in [-0.3, -0.25) is 0 Å². The largest absolute Gasteiger partial charge is 0.126 e. The van der Waals surface area contributed by atoms with Gasteiger partial charge in [-0.05, 0) is 12.0 Å². The fraction of sp³-hybridized carbons (Fsp3) is 0.500. The first-order chi connectivity index (χ1) is 5.76. The van der Waals surface area contributed by atoms with Crippen molar-refractivity contribution in [3.8, 4) is 0 Å². The van der Waals surface area contributed by atoms with Crippen LogP contribution in [0.4, 0.5) is 0 Å². The minimum Gasteiger partial charge on any atom is -0.126 e. The lowest BCUT2D eigenvalue weighted by Gasteiger charge is -2.06. The molecule has 0 bridgehead atoms. The molecule has 4 heteroatoms. The highest BCUT2D eigenvalue weighted by molar-refractivity contribution is 9.09. The van der Waals surface area contributed by atoms with Crippen molar-refractivity contribution < 1.29 is 0 Å². The molecular weight excluding hydrogens is 327 g/mol. The smallest absolute Gasteiger partial charge is 0.0547 e. The van der Waals surface area contributed by atoms with Gasteiger partial charge in [0.2, 0.25) is 0 Å². The van der Waals surface area contributed by atoms with Crippen molar-refractivity contribution in [2.45, 2.75) is 11.2 Å². The highest BCUT2D eigenvalue weighted by Gasteiger charge is 2.05. The van der Waals surface area contributed by atoms with Crippen molar-refractivity contribution in [3.63, 3.8) is 0 Å². The number of alkyl halides is 3. The molecule has 70 valence electrons. The van der Waals surface area contributed by atoms with E-state index in [0.717, 1.165) is 17.3 Å². The van der Waals surface area contributed by atoms with Gasteiger partial charge in [0.25, 0.3) is 0 Å². The van der Waals surface area contributed by atoms with E-state index in [1.54, 1.807) is 5.54 Å². The zero-order chi connectivity index (χ0) is 9.40. The Morgan fingerprint density at radius 1 is 1.50 bits per heavy atom. The molecule has 0 aromatic heterocycles. The molecule has 0 spiro atoms. The molecule has 0 aliphatic heterocycles. The van der Waals surface area contributed by atoms with Gasteiger partial charge in [0.05, 0.1) is 4.83 Å². The monoisotopic (exact) mass is 334 g/mol. The van der Waals surface area contributed by atoms with E-state index >= 15 is 0 Å². The molecule has 0 aromatic carbocycles. The zero-order valence-electron chi connectivity index (χ0n) is 6.44. The zero-order valence-corrected chi connectivity index (χ0v) is 11.1. The van der Waals surface area contributed by atoms with Crippen LogP contribution in [0.25, 0.3) is 0 Å². The molecule has 1 atom stereocenters. The van der Waals surface area contributed by atoms with Gasteiger partial charge in [0, 0.05) is 16.7 Å². The second-order valence-electron chi connectivity index (χ2n) is 2.11. The normalized spacial score (nSPS) is 15.5. The summed E-state index contributed by atoms with van der Waals surface area (Å²) in [6, 6.07) is 0. The summed E-state index contributed by atoms with van der Waals surface area (Å²) < 4.78 is 0. The van der Waals surface area contributed by atoms with E-state index in [0.29, 0.717) is 5.88 Å². The van der Waals surface area contributed by atoms with Crippen molar-refractivity contribution in [3.05, 3.63) is 23.3 Å².